The molecular formula is C31H32ClN7O. The van der Waals surface area contributed by atoms with Gasteiger partial charge in [0, 0.05) is 48.9 Å². The predicted molar refractivity (Wildman–Crippen MR) is 159 cm³/mol. The summed E-state index contributed by atoms with van der Waals surface area (Å²) in [6.07, 6.45) is 7.82. The molecule has 0 unspecified atom stereocenters. The summed E-state index contributed by atoms with van der Waals surface area (Å²) >= 11 is 6.04. The Balaban J connectivity index is 1.07. The quantitative estimate of drug-likeness (QED) is 0.212. The molecule has 2 aromatic carbocycles. The number of halogens is 1. The molecule has 1 fully saturated rings. The minimum atomic E-state index is -0.854. The maximum Gasteiger partial charge on any atom is 0.247 e. The van der Waals surface area contributed by atoms with Crippen LogP contribution in [-0.2, 0) is 18.6 Å². The lowest BCUT2D eigenvalue weighted by Crippen LogP contribution is -2.42. The summed E-state index contributed by atoms with van der Waals surface area (Å²) in [5.74, 6) is 0.546. The number of rotatable bonds is 9. The molecule has 5 aromatic rings. The maximum atomic E-state index is 11.3. The molecule has 0 radical (unpaired) electrons. The predicted octanol–water partition coefficient (Wildman–Crippen LogP) is 5.34. The first kappa shape index (κ1) is 26.3. The zero-order valence-electron chi connectivity index (χ0n) is 22.2. The van der Waals surface area contributed by atoms with Gasteiger partial charge >= 0.3 is 0 Å². The van der Waals surface area contributed by atoms with E-state index in [1.165, 1.54) is 11.1 Å². The summed E-state index contributed by atoms with van der Waals surface area (Å²) in [7, 11) is 0. The van der Waals surface area contributed by atoms with Gasteiger partial charge in [0.15, 0.2) is 5.65 Å². The molecule has 8 nitrogen and oxygen atoms in total. The van der Waals surface area contributed by atoms with E-state index in [-0.39, 0.29) is 0 Å². The summed E-state index contributed by atoms with van der Waals surface area (Å²) in [5.41, 5.74) is 5.24. The van der Waals surface area contributed by atoms with Gasteiger partial charge in [0.1, 0.15) is 0 Å². The largest absolute Gasteiger partial charge is 0.385 e. The molecular weight excluding hydrogens is 522 g/mol. The van der Waals surface area contributed by atoms with Crippen molar-refractivity contribution in [2.75, 3.05) is 29.9 Å². The van der Waals surface area contributed by atoms with Crippen LogP contribution in [0, 0.1) is 0 Å². The van der Waals surface area contributed by atoms with Gasteiger partial charge in [-0.25, -0.2) is 4.52 Å². The van der Waals surface area contributed by atoms with Crippen molar-refractivity contribution >= 4 is 34.6 Å². The smallest absolute Gasteiger partial charge is 0.247 e. The third kappa shape index (κ3) is 5.94. The van der Waals surface area contributed by atoms with Crippen molar-refractivity contribution < 1.29 is 5.11 Å². The molecule has 6 rings (SSSR count). The lowest BCUT2D eigenvalue weighted by molar-refractivity contribution is 0.0118. The molecule has 1 aliphatic rings. The average molecular weight is 554 g/mol. The summed E-state index contributed by atoms with van der Waals surface area (Å²) in [6.45, 7) is 3.13. The van der Waals surface area contributed by atoms with Crippen molar-refractivity contribution in [2.24, 2.45) is 0 Å². The number of anilines is 3. The number of aliphatic hydroxyl groups is 1. The van der Waals surface area contributed by atoms with Crippen LogP contribution in [0.15, 0.2) is 91.4 Å². The highest BCUT2D eigenvalue weighted by Gasteiger charge is 2.34. The Kier molecular flexibility index (Phi) is 7.64. The normalized spacial score (nSPS) is 14.9. The van der Waals surface area contributed by atoms with Gasteiger partial charge in [-0.3, -0.25) is 4.98 Å². The van der Waals surface area contributed by atoms with Gasteiger partial charge in [0.05, 0.1) is 11.3 Å². The van der Waals surface area contributed by atoms with Crippen LogP contribution in [0.4, 0.5) is 17.3 Å². The Morgan fingerprint density at radius 2 is 1.73 bits per heavy atom. The van der Waals surface area contributed by atoms with Crippen LogP contribution in [0.2, 0.25) is 5.02 Å². The monoisotopic (exact) mass is 553 g/mol. The zero-order chi connectivity index (χ0) is 27.4. The molecule has 0 aliphatic carbocycles. The average Bonchev–Trinajstić information content (AvgIpc) is 3.40. The molecule has 4 heterocycles. The Bertz CT molecular complexity index is 1550. The molecule has 1 aliphatic heterocycles. The second-order valence-corrected chi connectivity index (χ2v) is 10.7. The van der Waals surface area contributed by atoms with E-state index >= 15 is 0 Å². The van der Waals surface area contributed by atoms with Gasteiger partial charge in [-0.05, 0) is 85.0 Å². The highest BCUT2D eigenvalue weighted by molar-refractivity contribution is 6.30. The van der Waals surface area contributed by atoms with E-state index in [9.17, 15) is 5.11 Å². The van der Waals surface area contributed by atoms with Crippen LogP contribution in [0.5, 0.6) is 0 Å². The van der Waals surface area contributed by atoms with Crippen molar-refractivity contribution in [3.63, 3.8) is 0 Å². The molecule has 0 bridgehead atoms. The third-order valence-corrected chi connectivity index (χ3v) is 7.76. The van der Waals surface area contributed by atoms with Gasteiger partial charge in [-0.2, -0.15) is 4.98 Å². The molecule has 0 atom stereocenters. The van der Waals surface area contributed by atoms with Crippen LogP contribution < -0.4 is 15.5 Å². The Labute approximate surface area is 238 Å². The van der Waals surface area contributed by atoms with Crippen molar-refractivity contribution in [1.82, 2.24) is 24.9 Å². The van der Waals surface area contributed by atoms with E-state index in [1.807, 2.05) is 60.9 Å². The first-order valence-corrected chi connectivity index (χ1v) is 14.0. The Hall–Kier alpha value is -3.98. The van der Waals surface area contributed by atoms with E-state index < -0.39 is 5.60 Å². The van der Waals surface area contributed by atoms with Crippen molar-refractivity contribution in [1.29, 1.82) is 0 Å². The summed E-state index contributed by atoms with van der Waals surface area (Å²) in [6, 6.07) is 23.9. The molecule has 1 saturated heterocycles. The van der Waals surface area contributed by atoms with E-state index in [2.05, 4.69) is 49.9 Å². The number of benzene rings is 2. The lowest BCUT2D eigenvalue weighted by atomic mass is 9.84. The summed E-state index contributed by atoms with van der Waals surface area (Å²) in [4.78, 5) is 11.2. The number of hydrogen-bond acceptors (Lipinski definition) is 7. The number of aromatic nitrogens is 4. The minimum Gasteiger partial charge on any atom is -0.385 e. The van der Waals surface area contributed by atoms with Crippen molar-refractivity contribution in [3.05, 3.63) is 113 Å². The number of pyridine rings is 2. The zero-order valence-corrected chi connectivity index (χ0v) is 22.9. The van der Waals surface area contributed by atoms with Gasteiger partial charge in [0.25, 0.3) is 0 Å². The second kappa shape index (κ2) is 11.6. The summed E-state index contributed by atoms with van der Waals surface area (Å²) in [5, 5.41) is 23.4. The Morgan fingerprint density at radius 1 is 0.925 bits per heavy atom. The number of nitrogens with one attached hydrogen (secondary N) is 2. The van der Waals surface area contributed by atoms with Crippen LogP contribution in [0.25, 0.3) is 5.65 Å². The topological polar surface area (TPSA) is 90.6 Å². The van der Waals surface area contributed by atoms with Gasteiger partial charge in [-0.15, -0.1) is 5.10 Å². The number of hydrogen-bond donors (Lipinski definition) is 3. The highest BCUT2D eigenvalue weighted by Crippen LogP contribution is 2.36. The molecule has 0 amide bonds. The maximum absolute atomic E-state index is 11.3. The third-order valence-electron chi connectivity index (χ3n) is 7.51. The van der Waals surface area contributed by atoms with Crippen LogP contribution >= 0.6 is 11.6 Å². The van der Waals surface area contributed by atoms with Gasteiger partial charge in [0.2, 0.25) is 5.95 Å². The van der Waals surface area contributed by atoms with E-state index in [4.69, 9.17) is 16.6 Å². The van der Waals surface area contributed by atoms with Crippen molar-refractivity contribution in [2.45, 2.75) is 31.4 Å². The first-order chi connectivity index (χ1) is 19.6. The van der Waals surface area contributed by atoms with Crippen LogP contribution in [0.1, 0.15) is 29.5 Å². The fourth-order valence-electron chi connectivity index (χ4n) is 5.20. The van der Waals surface area contributed by atoms with E-state index in [0.717, 1.165) is 42.1 Å². The fourth-order valence-corrected chi connectivity index (χ4v) is 5.33. The fraction of sp³-hybridized carbons (Fsp3) is 0.258. The van der Waals surface area contributed by atoms with Crippen LogP contribution in [-0.4, -0.2) is 44.3 Å². The molecule has 0 spiro atoms. The van der Waals surface area contributed by atoms with E-state index in [0.29, 0.717) is 36.9 Å². The molecule has 9 heteroatoms. The SMILES string of the molecule is OC1(c2ccc(Cl)cc2)CCN(c2cccn3nc(Nc4ccc(CNCCc5cccnc5)cc4)nc23)CC1. The summed E-state index contributed by atoms with van der Waals surface area (Å²) < 4.78 is 1.80. The van der Waals surface area contributed by atoms with E-state index in [1.54, 1.807) is 10.7 Å². The molecule has 0 saturated carbocycles. The van der Waals surface area contributed by atoms with Crippen LogP contribution in [0.3, 0.4) is 0 Å². The molecule has 40 heavy (non-hydrogen) atoms. The standard InChI is InChI=1S/C31H32ClN7O/c32-26-9-7-25(8-10-26)31(40)14-19-38(20-15-31)28-4-2-18-39-29(28)36-30(37-39)35-27-11-5-24(6-12-27)22-34-17-13-23-3-1-16-33-21-23/h1-12,16,18,21,34,40H,13-15,17,19-20,22H2,(H,35,37). The molecule has 3 N–H and O–H groups in total. The highest BCUT2D eigenvalue weighted by atomic mass is 35.5. The second-order valence-electron chi connectivity index (χ2n) is 10.2. The van der Waals surface area contributed by atoms with Crippen molar-refractivity contribution in [3.8, 4) is 0 Å². The number of fused-ring (bicyclic) bond motifs is 1. The Morgan fingerprint density at radius 3 is 2.48 bits per heavy atom. The molecule has 3 aromatic heterocycles. The van der Waals surface area contributed by atoms with Gasteiger partial charge < -0.3 is 20.6 Å². The van der Waals surface area contributed by atoms with Gasteiger partial charge in [-0.1, -0.05) is 41.9 Å². The number of nitrogens with zero attached hydrogens (tertiary/aromatic N) is 5. The first-order valence-electron chi connectivity index (χ1n) is 13.6. The number of piperidine rings is 1. The minimum absolute atomic E-state index is 0.546. The lowest BCUT2D eigenvalue weighted by Gasteiger charge is -2.39. The molecule has 204 valence electrons.